The monoisotopic (exact) mass is 590 g/mol. The van der Waals surface area contributed by atoms with Gasteiger partial charge >= 0.3 is 11.8 Å². The van der Waals surface area contributed by atoms with E-state index in [-0.39, 0.29) is 11.7 Å². The predicted molar refractivity (Wildman–Crippen MR) is 148 cm³/mol. The Morgan fingerprint density at radius 1 is 1.21 bits per heavy atom. The number of carbonyl (C=O) groups excluding carboxylic acids is 1. The lowest BCUT2D eigenvalue weighted by Crippen LogP contribution is -2.34. The number of hydrogen-bond donors (Lipinski definition) is 2. The van der Waals surface area contributed by atoms with Crippen molar-refractivity contribution in [2.75, 3.05) is 11.9 Å². The molecule has 1 heterocycles. The van der Waals surface area contributed by atoms with Crippen molar-refractivity contribution in [3.63, 3.8) is 0 Å². The molecule has 1 amide bonds. The molecule has 1 aromatic heterocycles. The standard InChI is InChI=1S/C27H32BrFN4O5/c1-16(31-25-21-13-18(28)8-10-22(21)30-15-23(25)33(35)36)7-6-12-37-24-11-9-19(29)14-20(24)17(2)32-26(34)38-27(3,4)5/h8-11,13-17H,6-7,12H2,1-5H3,(H,30,31)(H,32,34). The summed E-state index contributed by atoms with van der Waals surface area (Å²) in [6, 6.07) is 8.94. The molecule has 0 aliphatic rings. The highest BCUT2D eigenvalue weighted by molar-refractivity contribution is 9.10. The number of aromatic nitrogens is 1. The van der Waals surface area contributed by atoms with E-state index in [2.05, 4.69) is 31.5 Å². The first-order valence-corrected chi connectivity index (χ1v) is 13.0. The van der Waals surface area contributed by atoms with Crippen LogP contribution in [-0.4, -0.2) is 34.3 Å². The Morgan fingerprint density at radius 3 is 2.63 bits per heavy atom. The van der Waals surface area contributed by atoms with Gasteiger partial charge in [-0.15, -0.1) is 0 Å². The summed E-state index contributed by atoms with van der Waals surface area (Å²) >= 11 is 3.42. The number of carbonyl (C=O) groups is 1. The third-order valence-corrected chi connectivity index (χ3v) is 6.10. The Bertz CT molecular complexity index is 1310. The third-order valence-electron chi connectivity index (χ3n) is 5.61. The number of pyridine rings is 1. The van der Waals surface area contributed by atoms with E-state index >= 15 is 0 Å². The zero-order valence-corrected chi connectivity index (χ0v) is 23.6. The number of fused-ring (bicyclic) bond motifs is 1. The SMILES string of the molecule is CC(CCCOc1ccc(F)cc1C(C)NC(=O)OC(C)(C)C)Nc1c([N+](=O)[O-])cnc2ccc(Br)cc12. The number of benzene rings is 2. The van der Waals surface area contributed by atoms with Gasteiger partial charge in [-0.3, -0.25) is 10.1 Å². The number of nitrogens with one attached hydrogen (secondary N) is 2. The zero-order valence-electron chi connectivity index (χ0n) is 22.0. The Kier molecular flexibility index (Phi) is 9.48. The molecular weight excluding hydrogens is 559 g/mol. The van der Waals surface area contributed by atoms with Crippen molar-refractivity contribution >= 4 is 44.3 Å². The summed E-state index contributed by atoms with van der Waals surface area (Å²) in [5.74, 6) is 0.0111. The molecule has 0 aliphatic heterocycles. The van der Waals surface area contributed by atoms with E-state index in [0.29, 0.717) is 47.4 Å². The lowest BCUT2D eigenvalue weighted by molar-refractivity contribution is -0.384. The summed E-state index contributed by atoms with van der Waals surface area (Å²) in [6.07, 6.45) is 1.93. The van der Waals surface area contributed by atoms with Crippen LogP contribution in [0.1, 0.15) is 59.1 Å². The second kappa shape index (κ2) is 12.4. The summed E-state index contributed by atoms with van der Waals surface area (Å²) in [4.78, 5) is 27.5. The number of anilines is 1. The highest BCUT2D eigenvalue weighted by Gasteiger charge is 2.22. The van der Waals surface area contributed by atoms with Crippen LogP contribution in [0.3, 0.4) is 0 Å². The fraction of sp³-hybridized carbons (Fsp3) is 0.407. The molecule has 9 nitrogen and oxygen atoms in total. The molecular formula is C27H32BrFN4O5. The molecule has 0 saturated carbocycles. The van der Waals surface area contributed by atoms with Gasteiger partial charge in [-0.2, -0.15) is 0 Å². The Balaban J connectivity index is 1.63. The maximum absolute atomic E-state index is 14.0. The number of nitro groups is 1. The Labute approximate surface area is 229 Å². The van der Waals surface area contributed by atoms with Crippen LogP contribution in [0.25, 0.3) is 10.9 Å². The first-order chi connectivity index (χ1) is 17.8. The quantitative estimate of drug-likeness (QED) is 0.145. The third kappa shape index (κ3) is 8.01. The largest absolute Gasteiger partial charge is 0.493 e. The maximum Gasteiger partial charge on any atom is 0.408 e. The second-order valence-electron chi connectivity index (χ2n) is 10.0. The summed E-state index contributed by atoms with van der Waals surface area (Å²) in [6.45, 7) is 9.27. The van der Waals surface area contributed by atoms with Crippen LogP contribution in [0.4, 0.5) is 20.6 Å². The molecule has 2 unspecified atom stereocenters. The predicted octanol–water partition coefficient (Wildman–Crippen LogP) is 7.29. The molecule has 3 rings (SSSR count). The molecule has 2 N–H and O–H groups in total. The first-order valence-electron chi connectivity index (χ1n) is 12.2. The second-order valence-corrected chi connectivity index (χ2v) is 10.9. The van der Waals surface area contributed by atoms with Crippen LogP contribution in [0.15, 0.2) is 47.1 Å². The molecule has 0 radical (unpaired) electrons. The van der Waals surface area contributed by atoms with Crippen molar-refractivity contribution in [1.82, 2.24) is 10.3 Å². The van der Waals surface area contributed by atoms with Crippen LogP contribution in [0.2, 0.25) is 0 Å². The van der Waals surface area contributed by atoms with Crippen LogP contribution >= 0.6 is 15.9 Å². The van der Waals surface area contributed by atoms with Crippen LogP contribution < -0.4 is 15.4 Å². The number of rotatable bonds is 10. The topological polar surface area (TPSA) is 116 Å². The van der Waals surface area contributed by atoms with Crippen molar-refractivity contribution in [2.45, 2.75) is 65.1 Å². The number of nitrogens with zero attached hydrogens (tertiary/aromatic N) is 2. The van der Waals surface area contributed by atoms with Gasteiger partial charge in [0.25, 0.3) is 0 Å². The highest BCUT2D eigenvalue weighted by atomic mass is 79.9. The molecule has 3 aromatic rings. The van der Waals surface area contributed by atoms with Gasteiger partial charge in [0.2, 0.25) is 0 Å². The number of ether oxygens (including phenoxy) is 2. The molecule has 0 bridgehead atoms. The van der Waals surface area contributed by atoms with E-state index in [1.54, 1.807) is 39.8 Å². The minimum atomic E-state index is -0.657. The molecule has 2 aromatic carbocycles. The highest BCUT2D eigenvalue weighted by Crippen LogP contribution is 2.34. The molecule has 0 fully saturated rings. The minimum Gasteiger partial charge on any atom is -0.493 e. The number of alkyl carbamates (subject to hydrolysis) is 1. The maximum atomic E-state index is 14.0. The van der Waals surface area contributed by atoms with E-state index in [9.17, 15) is 19.3 Å². The van der Waals surface area contributed by atoms with Gasteiger partial charge in [0.15, 0.2) is 0 Å². The van der Waals surface area contributed by atoms with Crippen LogP contribution in [0.5, 0.6) is 5.75 Å². The molecule has 0 aliphatic carbocycles. The summed E-state index contributed by atoms with van der Waals surface area (Å²) in [5, 5.41) is 18.3. The number of hydrogen-bond acceptors (Lipinski definition) is 7. The van der Waals surface area contributed by atoms with Crippen molar-refractivity contribution in [2.24, 2.45) is 0 Å². The summed E-state index contributed by atoms with van der Waals surface area (Å²) in [7, 11) is 0. The zero-order chi connectivity index (χ0) is 28.0. The summed E-state index contributed by atoms with van der Waals surface area (Å²) < 4.78 is 26.0. The molecule has 2 atom stereocenters. The van der Waals surface area contributed by atoms with Crippen molar-refractivity contribution in [1.29, 1.82) is 0 Å². The van der Waals surface area contributed by atoms with E-state index in [4.69, 9.17) is 9.47 Å². The molecule has 38 heavy (non-hydrogen) atoms. The van der Waals surface area contributed by atoms with E-state index in [1.165, 1.54) is 24.4 Å². The molecule has 0 spiro atoms. The van der Waals surface area contributed by atoms with E-state index in [1.807, 2.05) is 13.0 Å². The van der Waals surface area contributed by atoms with E-state index < -0.39 is 28.5 Å². The minimum absolute atomic E-state index is 0.0962. The van der Waals surface area contributed by atoms with Gasteiger partial charge in [-0.05, 0) is 83.9 Å². The number of halogens is 2. The van der Waals surface area contributed by atoms with E-state index in [0.717, 1.165) is 4.47 Å². The lowest BCUT2D eigenvalue weighted by atomic mass is 10.1. The summed E-state index contributed by atoms with van der Waals surface area (Å²) in [5.41, 5.74) is 0.801. The van der Waals surface area contributed by atoms with Gasteiger partial charge in [0.05, 0.1) is 23.1 Å². The Morgan fingerprint density at radius 2 is 1.95 bits per heavy atom. The molecule has 0 saturated heterocycles. The molecule has 204 valence electrons. The Hall–Kier alpha value is -3.47. The fourth-order valence-corrected chi connectivity index (χ4v) is 4.25. The van der Waals surface area contributed by atoms with Crippen molar-refractivity contribution < 1.29 is 23.6 Å². The normalized spacial score (nSPS) is 13.0. The smallest absolute Gasteiger partial charge is 0.408 e. The average Bonchev–Trinajstić information content (AvgIpc) is 2.81. The van der Waals surface area contributed by atoms with Gasteiger partial charge < -0.3 is 20.1 Å². The van der Waals surface area contributed by atoms with Gasteiger partial charge in [-0.1, -0.05) is 15.9 Å². The fourth-order valence-electron chi connectivity index (χ4n) is 3.89. The van der Waals surface area contributed by atoms with Crippen LogP contribution in [0, 0.1) is 15.9 Å². The van der Waals surface area contributed by atoms with Crippen molar-refractivity contribution in [3.05, 3.63) is 68.6 Å². The first kappa shape index (κ1) is 29.1. The van der Waals surface area contributed by atoms with Gasteiger partial charge in [-0.25, -0.2) is 14.2 Å². The van der Waals surface area contributed by atoms with Gasteiger partial charge in [0.1, 0.15) is 29.1 Å². The lowest BCUT2D eigenvalue weighted by Gasteiger charge is -2.23. The molecule has 11 heteroatoms. The van der Waals surface area contributed by atoms with Crippen molar-refractivity contribution in [3.8, 4) is 5.75 Å². The average molecular weight is 591 g/mol. The van der Waals surface area contributed by atoms with Gasteiger partial charge in [0, 0.05) is 21.5 Å². The van der Waals surface area contributed by atoms with Crippen LogP contribution in [-0.2, 0) is 4.74 Å². The number of amides is 1.